The molecular weight excluding hydrogens is 605 g/mol. The van der Waals surface area contributed by atoms with Gasteiger partial charge in [-0.2, -0.15) is 13.5 Å². The molecule has 0 unspecified atom stereocenters. The molecule has 1 heterocycles. The van der Waals surface area contributed by atoms with Crippen LogP contribution in [0.15, 0.2) is 79.4 Å². The zero-order chi connectivity index (χ0) is 31.9. The lowest BCUT2D eigenvalue weighted by Gasteiger charge is -2.08. The first-order valence-electron chi connectivity index (χ1n) is 14.4. The first kappa shape index (κ1) is 33.2. The van der Waals surface area contributed by atoms with Crippen molar-refractivity contribution in [2.45, 2.75) is 55.7 Å². The normalized spacial score (nSPS) is 12.5. The van der Waals surface area contributed by atoms with Crippen molar-refractivity contribution < 1.29 is 21.4 Å². The van der Waals surface area contributed by atoms with E-state index in [-0.39, 0.29) is 21.2 Å². The summed E-state index contributed by atoms with van der Waals surface area (Å²) in [5.74, 6) is -0.0308. The number of sulfone groups is 1. The summed E-state index contributed by atoms with van der Waals surface area (Å²) in [6.07, 6.45) is 5.36. The molecular formula is C30H38N6O6S2. The number of nitrogens with one attached hydrogen (secondary N) is 2. The quantitative estimate of drug-likeness (QED) is 0.0802. The highest BCUT2D eigenvalue weighted by Crippen LogP contribution is 2.32. The van der Waals surface area contributed by atoms with Gasteiger partial charge in [0.25, 0.3) is 15.7 Å². The van der Waals surface area contributed by atoms with E-state index in [9.17, 15) is 26.2 Å². The van der Waals surface area contributed by atoms with Crippen LogP contribution in [-0.2, 0) is 20.0 Å². The SMILES string of the molecule is Cc1[nH]n(-c2ccc(S(=O)(=O)CCNCCCCCCCN)cc2)c(=O)c1N=Nc1ccc2c(S(=O)(=O)O)cccc2c1C. The molecule has 0 aliphatic rings. The van der Waals surface area contributed by atoms with Gasteiger partial charge in [-0.15, -0.1) is 5.11 Å². The topological polar surface area (TPSA) is 189 Å². The van der Waals surface area contributed by atoms with Crippen LogP contribution in [0.2, 0.25) is 0 Å². The summed E-state index contributed by atoms with van der Waals surface area (Å²) in [6, 6.07) is 13.7. The van der Waals surface area contributed by atoms with Gasteiger partial charge < -0.3 is 11.1 Å². The van der Waals surface area contributed by atoms with E-state index in [0.29, 0.717) is 46.5 Å². The third kappa shape index (κ3) is 7.87. The highest BCUT2D eigenvalue weighted by molar-refractivity contribution is 7.91. The molecule has 3 aromatic carbocycles. The molecule has 4 aromatic rings. The molecule has 0 saturated heterocycles. The minimum atomic E-state index is -4.41. The number of fused-ring (bicyclic) bond motifs is 1. The standard InChI is InChI=1S/C30H38N6O6S2/c1-21-25-9-8-10-28(44(40,41)42)26(25)15-16-27(21)33-34-29-22(2)35-36(30(29)37)23-11-13-24(14-12-23)43(38,39)20-19-32-18-7-5-3-4-6-17-31/h8-16,32,35H,3-7,17-20,31H2,1-2H3,(H,40,41,42). The van der Waals surface area contributed by atoms with Gasteiger partial charge in [-0.05, 0) is 87.1 Å². The monoisotopic (exact) mass is 642 g/mol. The number of aryl methyl sites for hydroxylation is 2. The van der Waals surface area contributed by atoms with Crippen LogP contribution in [0.3, 0.4) is 0 Å². The summed E-state index contributed by atoms with van der Waals surface area (Å²) in [6.45, 7) is 5.25. The van der Waals surface area contributed by atoms with Gasteiger partial charge >= 0.3 is 0 Å². The number of rotatable bonds is 15. The fraction of sp³-hybridized carbons (Fsp3) is 0.367. The van der Waals surface area contributed by atoms with E-state index in [1.807, 2.05) is 0 Å². The molecule has 14 heteroatoms. The predicted molar refractivity (Wildman–Crippen MR) is 171 cm³/mol. The summed E-state index contributed by atoms with van der Waals surface area (Å²) in [7, 11) is -7.91. The van der Waals surface area contributed by atoms with E-state index in [0.717, 1.165) is 38.6 Å². The maximum Gasteiger partial charge on any atom is 0.299 e. The highest BCUT2D eigenvalue weighted by atomic mass is 32.2. The molecule has 0 aliphatic carbocycles. The smallest absolute Gasteiger partial charge is 0.299 e. The Morgan fingerprint density at radius 1 is 0.864 bits per heavy atom. The van der Waals surface area contributed by atoms with Crippen molar-refractivity contribution in [3.8, 4) is 5.69 Å². The van der Waals surface area contributed by atoms with Crippen LogP contribution in [0.4, 0.5) is 11.4 Å². The Bertz CT molecular complexity index is 1910. The molecule has 0 fully saturated rings. The van der Waals surface area contributed by atoms with Gasteiger partial charge in [-0.1, -0.05) is 37.5 Å². The molecule has 0 amide bonds. The zero-order valence-corrected chi connectivity index (χ0v) is 26.4. The fourth-order valence-electron chi connectivity index (χ4n) is 4.92. The van der Waals surface area contributed by atoms with Crippen molar-refractivity contribution in [2.75, 3.05) is 25.4 Å². The molecule has 4 rings (SSSR count). The van der Waals surface area contributed by atoms with Crippen molar-refractivity contribution in [1.29, 1.82) is 0 Å². The van der Waals surface area contributed by atoms with Gasteiger partial charge in [0, 0.05) is 11.9 Å². The Morgan fingerprint density at radius 2 is 1.57 bits per heavy atom. The molecule has 0 bridgehead atoms. The van der Waals surface area contributed by atoms with E-state index in [1.54, 1.807) is 38.1 Å². The highest BCUT2D eigenvalue weighted by Gasteiger charge is 2.18. The van der Waals surface area contributed by atoms with Gasteiger partial charge in [-0.3, -0.25) is 14.4 Å². The third-order valence-corrected chi connectivity index (χ3v) is 10.0. The lowest BCUT2D eigenvalue weighted by atomic mass is 10.0. The molecule has 12 nitrogen and oxygen atoms in total. The number of nitrogens with zero attached hydrogens (tertiary/aromatic N) is 3. The second-order valence-corrected chi connectivity index (χ2v) is 14.1. The number of benzene rings is 3. The minimum absolute atomic E-state index is 0.0308. The maximum atomic E-state index is 13.2. The van der Waals surface area contributed by atoms with Crippen molar-refractivity contribution in [1.82, 2.24) is 15.1 Å². The average molecular weight is 643 g/mol. The number of hydrogen-bond donors (Lipinski definition) is 4. The maximum absolute atomic E-state index is 13.2. The van der Waals surface area contributed by atoms with Crippen molar-refractivity contribution in [2.24, 2.45) is 16.0 Å². The molecule has 0 saturated carbocycles. The lowest BCUT2D eigenvalue weighted by molar-refractivity contribution is 0.484. The molecule has 0 radical (unpaired) electrons. The average Bonchev–Trinajstić information content (AvgIpc) is 3.27. The van der Waals surface area contributed by atoms with Crippen LogP contribution in [0.25, 0.3) is 16.5 Å². The van der Waals surface area contributed by atoms with Crippen LogP contribution in [0.1, 0.15) is 43.4 Å². The molecule has 0 aliphatic heterocycles. The Balaban J connectivity index is 1.44. The van der Waals surface area contributed by atoms with E-state index < -0.39 is 25.5 Å². The second-order valence-electron chi connectivity index (χ2n) is 10.6. The number of unbranched alkanes of at least 4 members (excludes halogenated alkanes) is 4. The number of H-pyrrole nitrogens is 1. The predicted octanol–water partition coefficient (Wildman–Crippen LogP) is 4.87. The van der Waals surface area contributed by atoms with Gasteiger partial charge in [0.1, 0.15) is 4.90 Å². The fourth-order valence-corrected chi connectivity index (χ4v) is 6.83. The van der Waals surface area contributed by atoms with Crippen LogP contribution in [0.5, 0.6) is 0 Å². The Morgan fingerprint density at radius 3 is 2.27 bits per heavy atom. The Labute approximate surface area is 257 Å². The largest absolute Gasteiger partial charge is 0.330 e. The summed E-state index contributed by atoms with van der Waals surface area (Å²) >= 11 is 0. The lowest BCUT2D eigenvalue weighted by Crippen LogP contribution is -2.24. The first-order chi connectivity index (χ1) is 20.9. The van der Waals surface area contributed by atoms with Crippen LogP contribution in [0, 0.1) is 13.8 Å². The van der Waals surface area contributed by atoms with E-state index >= 15 is 0 Å². The molecule has 1 aromatic heterocycles. The molecule has 44 heavy (non-hydrogen) atoms. The number of aromatic amines is 1. The number of aromatic nitrogens is 2. The summed E-state index contributed by atoms with van der Waals surface area (Å²) < 4.78 is 60.0. The minimum Gasteiger partial charge on any atom is -0.330 e. The third-order valence-electron chi connectivity index (χ3n) is 7.40. The van der Waals surface area contributed by atoms with Crippen LogP contribution >= 0.6 is 0 Å². The van der Waals surface area contributed by atoms with Gasteiger partial charge in [0.05, 0.1) is 27.7 Å². The zero-order valence-electron chi connectivity index (χ0n) is 24.8. The van der Waals surface area contributed by atoms with Gasteiger partial charge in [0.2, 0.25) is 0 Å². The molecule has 5 N–H and O–H groups in total. The summed E-state index contributed by atoms with van der Waals surface area (Å²) in [5, 5.41) is 15.5. The van der Waals surface area contributed by atoms with Crippen molar-refractivity contribution in [3.05, 3.63) is 76.2 Å². The summed E-state index contributed by atoms with van der Waals surface area (Å²) in [4.78, 5) is 13.2. The second kappa shape index (κ2) is 14.4. The van der Waals surface area contributed by atoms with E-state index in [2.05, 4.69) is 20.6 Å². The van der Waals surface area contributed by atoms with Crippen LogP contribution in [-0.4, -0.2) is 56.6 Å². The number of azo groups is 1. The van der Waals surface area contributed by atoms with Crippen LogP contribution < -0.4 is 16.6 Å². The molecule has 0 atom stereocenters. The first-order valence-corrected chi connectivity index (χ1v) is 17.5. The Hall–Kier alpha value is -3.69. The van der Waals surface area contributed by atoms with E-state index in [1.165, 1.54) is 35.0 Å². The molecule has 236 valence electrons. The molecule has 0 spiro atoms. The van der Waals surface area contributed by atoms with Gasteiger partial charge in [-0.25, -0.2) is 13.1 Å². The van der Waals surface area contributed by atoms with Crippen molar-refractivity contribution in [3.63, 3.8) is 0 Å². The van der Waals surface area contributed by atoms with E-state index in [4.69, 9.17) is 5.73 Å². The number of nitrogens with two attached hydrogens (primary N) is 1. The Kier molecular flexibility index (Phi) is 10.9. The number of hydrogen-bond acceptors (Lipinski definition) is 9. The summed E-state index contributed by atoms with van der Waals surface area (Å²) in [5.41, 5.74) is 7.02. The van der Waals surface area contributed by atoms with Gasteiger partial charge in [0.15, 0.2) is 15.5 Å². The van der Waals surface area contributed by atoms with Crippen molar-refractivity contribution >= 4 is 42.1 Å².